The summed E-state index contributed by atoms with van der Waals surface area (Å²) in [7, 11) is 0. The molecular formula is C13H12N4OS. The van der Waals surface area contributed by atoms with E-state index >= 15 is 0 Å². The monoisotopic (exact) mass is 272 g/mol. The van der Waals surface area contributed by atoms with Crippen LogP contribution in [0, 0.1) is 11.3 Å². The summed E-state index contributed by atoms with van der Waals surface area (Å²) in [5.74, 6) is -0.263. The molecular weight excluding hydrogens is 260 g/mol. The average Bonchev–Trinajstić information content (AvgIpc) is 2.87. The van der Waals surface area contributed by atoms with E-state index in [0.29, 0.717) is 10.7 Å². The first-order valence-electron chi connectivity index (χ1n) is 5.62. The molecule has 0 fully saturated rings. The molecule has 96 valence electrons. The molecule has 0 unspecified atom stereocenters. The van der Waals surface area contributed by atoms with Crippen LogP contribution in [0.15, 0.2) is 29.6 Å². The average molecular weight is 272 g/mol. The minimum absolute atomic E-state index is 0.263. The van der Waals surface area contributed by atoms with E-state index in [9.17, 15) is 4.79 Å². The summed E-state index contributed by atoms with van der Waals surface area (Å²) >= 11 is 1.34. The molecule has 0 aliphatic carbocycles. The van der Waals surface area contributed by atoms with Gasteiger partial charge in [0, 0.05) is 10.9 Å². The van der Waals surface area contributed by atoms with E-state index < -0.39 is 6.04 Å². The highest BCUT2D eigenvalue weighted by Crippen LogP contribution is 2.25. The molecule has 0 aliphatic heterocycles. The lowest BCUT2D eigenvalue weighted by atomic mass is 10.1. The van der Waals surface area contributed by atoms with Crippen LogP contribution in [0.4, 0.5) is 5.13 Å². The molecule has 0 bridgehead atoms. The summed E-state index contributed by atoms with van der Waals surface area (Å²) in [6.07, 6.45) is 0. The summed E-state index contributed by atoms with van der Waals surface area (Å²) < 4.78 is 0. The molecule has 0 aliphatic rings. The number of nitrogens with one attached hydrogen (secondary N) is 1. The molecule has 1 atom stereocenters. The number of hydrogen-bond donors (Lipinski definition) is 2. The van der Waals surface area contributed by atoms with Crippen LogP contribution in [0.1, 0.15) is 12.5 Å². The Hall–Kier alpha value is -2.23. The van der Waals surface area contributed by atoms with Crippen molar-refractivity contribution < 1.29 is 4.79 Å². The minimum Gasteiger partial charge on any atom is -0.320 e. The zero-order valence-corrected chi connectivity index (χ0v) is 11.1. The van der Waals surface area contributed by atoms with Gasteiger partial charge in [0.2, 0.25) is 5.91 Å². The number of nitrogens with zero attached hydrogens (tertiary/aromatic N) is 2. The van der Waals surface area contributed by atoms with Crippen molar-refractivity contribution in [3.8, 4) is 17.3 Å². The van der Waals surface area contributed by atoms with Gasteiger partial charge in [0.15, 0.2) is 5.13 Å². The molecule has 1 aromatic carbocycles. The Labute approximate surface area is 114 Å². The van der Waals surface area contributed by atoms with E-state index in [-0.39, 0.29) is 5.91 Å². The number of aromatic nitrogens is 1. The molecule has 0 saturated carbocycles. The lowest BCUT2D eigenvalue weighted by Gasteiger charge is -2.03. The quantitative estimate of drug-likeness (QED) is 0.893. The summed E-state index contributed by atoms with van der Waals surface area (Å²) in [5, 5.41) is 13.7. The van der Waals surface area contributed by atoms with Crippen LogP contribution in [0.2, 0.25) is 0 Å². The Balaban J connectivity index is 2.16. The van der Waals surface area contributed by atoms with Crippen molar-refractivity contribution in [2.75, 3.05) is 5.32 Å². The van der Waals surface area contributed by atoms with Gasteiger partial charge >= 0.3 is 0 Å². The van der Waals surface area contributed by atoms with E-state index in [1.807, 2.05) is 17.5 Å². The SMILES string of the molecule is C[C@H](N)C(=O)Nc1nc(-c2ccc(C#N)cc2)cs1. The fourth-order valence-corrected chi connectivity index (χ4v) is 2.12. The molecule has 0 spiro atoms. The molecule has 19 heavy (non-hydrogen) atoms. The van der Waals surface area contributed by atoms with Gasteiger partial charge < -0.3 is 11.1 Å². The third kappa shape index (κ3) is 3.16. The van der Waals surface area contributed by atoms with Gasteiger partial charge in [0.25, 0.3) is 0 Å². The summed E-state index contributed by atoms with van der Waals surface area (Å²) in [5.41, 5.74) is 7.73. The van der Waals surface area contributed by atoms with Gasteiger partial charge in [-0.05, 0) is 19.1 Å². The van der Waals surface area contributed by atoms with Crippen LogP contribution < -0.4 is 11.1 Å². The van der Waals surface area contributed by atoms with E-state index in [4.69, 9.17) is 11.0 Å². The molecule has 1 heterocycles. The standard InChI is InChI=1S/C13H12N4OS/c1-8(15)12(18)17-13-16-11(7-19-13)10-4-2-9(6-14)3-5-10/h2-5,7-8H,15H2,1H3,(H,16,17,18)/t8-/m0/s1. The van der Waals surface area contributed by atoms with Crippen LogP contribution in [0.3, 0.4) is 0 Å². The van der Waals surface area contributed by atoms with Gasteiger partial charge in [-0.1, -0.05) is 12.1 Å². The van der Waals surface area contributed by atoms with Crippen molar-refractivity contribution in [3.63, 3.8) is 0 Å². The number of anilines is 1. The van der Waals surface area contributed by atoms with Crippen molar-refractivity contribution in [2.24, 2.45) is 5.73 Å². The Kier molecular flexibility index (Phi) is 3.90. The van der Waals surface area contributed by atoms with Crippen LogP contribution in [-0.4, -0.2) is 16.9 Å². The highest BCUT2D eigenvalue weighted by Gasteiger charge is 2.10. The Bertz CT molecular complexity index is 625. The molecule has 1 aromatic heterocycles. The third-order valence-electron chi connectivity index (χ3n) is 2.46. The molecule has 0 saturated heterocycles. The number of amides is 1. The zero-order valence-electron chi connectivity index (χ0n) is 10.3. The number of nitrogens with two attached hydrogens (primary N) is 1. The number of nitriles is 1. The maximum atomic E-state index is 11.4. The van der Waals surface area contributed by atoms with E-state index in [0.717, 1.165) is 11.3 Å². The first kappa shape index (κ1) is 13.2. The lowest BCUT2D eigenvalue weighted by molar-refractivity contribution is -0.117. The maximum Gasteiger partial charge on any atom is 0.242 e. The summed E-state index contributed by atoms with van der Waals surface area (Å²) in [4.78, 5) is 15.7. The highest BCUT2D eigenvalue weighted by molar-refractivity contribution is 7.14. The van der Waals surface area contributed by atoms with Crippen LogP contribution in [0.5, 0.6) is 0 Å². The zero-order chi connectivity index (χ0) is 13.8. The fourth-order valence-electron chi connectivity index (χ4n) is 1.40. The van der Waals surface area contributed by atoms with Crippen molar-refractivity contribution in [1.29, 1.82) is 5.26 Å². The molecule has 2 aromatic rings. The molecule has 0 radical (unpaired) electrons. The van der Waals surface area contributed by atoms with Crippen molar-refractivity contribution in [3.05, 3.63) is 35.2 Å². The molecule has 1 amide bonds. The van der Waals surface area contributed by atoms with Gasteiger partial charge in [-0.2, -0.15) is 5.26 Å². The van der Waals surface area contributed by atoms with Crippen LogP contribution in [-0.2, 0) is 4.79 Å². The molecule has 6 heteroatoms. The predicted molar refractivity (Wildman–Crippen MR) is 74.5 cm³/mol. The number of carbonyl (C=O) groups excluding carboxylic acids is 1. The highest BCUT2D eigenvalue weighted by atomic mass is 32.1. The molecule has 5 nitrogen and oxygen atoms in total. The minimum atomic E-state index is -0.567. The van der Waals surface area contributed by atoms with Crippen molar-refractivity contribution in [1.82, 2.24) is 4.98 Å². The first-order valence-corrected chi connectivity index (χ1v) is 6.50. The van der Waals surface area contributed by atoms with E-state index in [2.05, 4.69) is 16.4 Å². The van der Waals surface area contributed by atoms with Gasteiger partial charge in [0.1, 0.15) is 0 Å². The topological polar surface area (TPSA) is 91.8 Å². The second kappa shape index (κ2) is 5.61. The smallest absolute Gasteiger partial charge is 0.242 e. The van der Waals surface area contributed by atoms with Crippen molar-refractivity contribution in [2.45, 2.75) is 13.0 Å². The van der Waals surface area contributed by atoms with Gasteiger partial charge in [-0.25, -0.2) is 4.98 Å². The summed E-state index contributed by atoms with van der Waals surface area (Å²) in [6.45, 7) is 1.62. The normalized spacial score (nSPS) is 11.6. The number of rotatable bonds is 3. The van der Waals surface area contributed by atoms with Gasteiger partial charge in [0.05, 0.1) is 23.4 Å². The van der Waals surface area contributed by atoms with E-state index in [1.54, 1.807) is 19.1 Å². The maximum absolute atomic E-state index is 11.4. The van der Waals surface area contributed by atoms with E-state index in [1.165, 1.54) is 11.3 Å². The van der Waals surface area contributed by atoms with Crippen LogP contribution >= 0.6 is 11.3 Å². The number of hydrogen-bond acceptors (Lipinski definition) is 5. The van der Waals surface area contributed by atoms with Gasteiger partial charge in [-0.3, -0.25) is 4.79 Å². The largest absolute Gasteiger partial charge is 0.320 e. The second-order valence-corrected chi connectivity index (χ2v) is 4.86. The predicted octanol–water partition coefficient (Wildman–Crippen LogP) is 1.97. The molecule has 3 N–H and O–H groups in total. The van der Waals surface area contributed by atoms with Gasteiger partial charge in [-0.15, -0.1) is 11.3 Å². The number of thiazole rings is 1. The number of carbonyl (C=O) groups is 1. The Morgan fingerprint density at radius 1 is 1.47 bits per heavy atom. The Morgan fingerprint density at radius 3 is 2.74 bits per heavy atom. The lowest BCUT2D eigenvalue weighted by Crippen LogP contribution is -2.32. The van der Waals surface area contributed by atoms with Crippen molar-refractivity contribution >= 4 is 22.4 Å². The van der Waals surface area contributed by atoms with Crippen LogP contribution in [0.25, 0.3) is 11.3 Å². The Morgan fingerprint density at radius 2 is 2.16 bits per heavy atom. The fraction of sp³-hybridized carbons (Fsp3) is 0.154. The summed E-state index contributed by atoms with van der Waals surface area (Å²) in [6, 6.07) is 8.60. The molecule has 2 rings (SSSR count). The number of benzene rings is 1. The first-order chi connectivity index (χ1) is 9.10. The third-order valence-corrected chi connectivity index (χ3v) is 3.22. The second-order valence-electron chi connectivity index (χ2n) is 4.00.